The molecule has 36 heavy (non-hydrogen) atoms. The monoisotopic (exact) mass is 540 g/mol. The Bertz CT molecular complexity index is 1390. The second-order valence-corrected chi connectivity index (χ2v) is 11.3. The molecule has 1 amide bonds. The molecule has 0 spiro atoms. The number of aryl methyl sites for hydroxylation is 3. The smallest absolute Gasteiger partial charge is 0.340 e. The SMILES string of the molecule is CCc1cc(C(=O)OC)c(NC(=O)CSc2nnc(-c3csc(C)c3-c3ccc(C)cc3)n2CC)s1. The van der Waals surface area contributed by atoms with Crippen LogP contribution in [0.4, 0.5) is 5.00 Å². The highest BCUT2D eigenvalue weighted by atomic mass is 32.2. The van der Waals surface area contributed by atoms with Gasteiger partial charge in [0.25, 0.3) is 0 Å². The summed E-state index contributed by atoms with van der Waals surface area (Å²) in [6, 6.07) is 10.3. The third kappa shape index (κ3) is 5.40. The first-order valence-corrected chi connectivity index (χ1v) is 14.3. The summed E-state index contributed by atoms with van der Waals surface area (Å²) in [5, 5.41) is 15.1. The first kappa shape index (κ1) is 26.1. The number of hydrogen-bond donors (Lipinski definition) is 1. The molecule has 0 bridgehead atoms. The lowest BCUT2D eigenvalue weighted by molar-refractivity contribution is -0.113. The highest BCUT2D eigenvalue weighted by Crippen LogP contribution is 2.39. The zero-order chi connectivity index (χ0) is 25.8. The van der Waals surface area contributed by atoms with Crippen LogP contribution in [0.3, 0.4) is 0 Å². The van der Waals surface area contributed by atoms with Crippen molar-refractivity contribution in [2.75, 3.05) is 18.2 Å². The number of esters is 1. The minimum Gasteiger partial charge on any atom is -0.465 e. The molecule has 7 nitrogen and oxygen atoms in total. The van der Waals surface area contributed by atoms with E-state index in [1.807, 2.05) is 18.4 Å². The fourth-order valence-corrected chi connectivity index (χ4v) is 6.51. The van der Waals surface area contributed by atoms with Gasteiger partial charge in [-0.25, -0.2) is 4.79 Å². The number of hydrogen-bond acceptors (Lipinski definition) is 8. The van der Waals surface area contributed by atoms with Crippen molar-refractivity contribution in [3.63, 3.8) is 0 Å². The molecule has 3 aromatic heterocycles. The van der Waals surface area contributed by atoms with Gasteiger partial charge < -0.3 is 14.6 Å². The average molecular weight is 541 g/mol. The molecule has 0 aliphatic heterocycles. The van der Waals surface area contributed by atoms with Gasteiger partial charge in [0.2, 0.25) is 5.91 Å². The van der Waals surface area contributed by atoms with Crippen molar-refractivity contribution in [1.29, 1.82) is 0 Å². The Morgan fingerprint density at radius 2 is 1.89 bits per heavy atom. The van der Waals surface area contributed by atoms with E-state index in [4.69, 9.17) is 4.74 Å². The topological polar surface area (TPSA) is 86.1 Å². The molecule has 0 aliphatic rings. The zero-order valence-corrected chi connectivity index (χ0v) is 23.3. The largest absolute Gasteiger partial charge is 0.465 e. The molecule has 188 valence electrons. The molecule has 0 fully saturated rings. The highest BCUT2D eigenvalue weighted by Gasteiger charge is 2.22. The van der Waals surface area contributed by atoms with E-state index in [9.17, 15) is 9.59 Å². The quantitative estimate of drug-likeness (QED) is 0.194. The number of anilines is 1. The van der Waals surface area contributed by atoms with Crippen molar-refractivity contribution in [2.24, 2.45) is 0 Å². The van der Waals surface area contributed by atoms with Crippen molar-refractivity contribution < 1.29 is 14.3 Å². The van der Waals surface area contributed by atoms with Crippen LogP contribution in [0.5, 0.6) is 0 Å². The van der Waals surface area contributed by atoms with Gasteiger partial charge in [0.15, 0.2) is 11.0 Å². The van der Waals surface area contributed by atoms with E-state index in [1.165, 1.54) is 40.6 Å². The number of amides is 1. The highest BCUT2D eigenvalue weighted by molar-refractivity contribution is 7.99. The Morgan fingerprint density at radius 3 is 2.56 bits per heavy atom. The van der Waals surface area contributed by atoms with Gasteiger partial charge in [-0.05, 0) is 38.8 Å². The summed E-state index contributed by atoms with van der Waals surface area (Å²) < 4.78 is 6.90. The maximum atomic E-state index is 12.8. The van der Waals surface area contributed by atoms with Gasteiger partial charge in [0, 0.05) is 32.8 Å². The molecule has 0 atom stereocenters. The third-order valence-electron chi connectivity index (χ3n) is 5.71. The number of rotatable bonds is 9. The Hall–Kier alpha value is -2.95. The van der Waals surface area contributed by atoms with Gasteiger partial charge in [-0.1, -0.05) is 48.5 Å². The predicted octanol–water partition coefficient (Wildman–Crippen LogP) is 6.45. The van der Waals surface area contributed by atoms with Crippen molar-refractivity contribution >= 4 is 51.3 Å². The van der Waals surface area contributed by atoms with Crippen LogP contribution in [0.15, 0.2) is 40.9 Å². The molecule has 1 aromatic carbocycles. The minimum absolute atomic E-state index is 0.144. The summed E-state index contributed by atoms with van der Waals surface area (Å²) in [7, 11) is 1.33. The summed E-state index contributed by atoms with van der Waals surface area (Å²) in [4.78, 5) is 27.1. The van der Waals surface area contributed by atoms with E-state index in [0.717, 1.165) is 33.8 Å². The number of methoxy groups -OCH3 is 1. The van der Waals surface area contributed by atoms with E-state index in [1.54, 1.807) is 17.4 Å². The Labute approximate surface area is 222 Å². The molecule has 1 N–H and O–H groups in total. The van der Waals surface area contributed by atoms with Crippen LogP contribution >= 0.6 is 34.4 Å². The Kier molecular flexibility index (Phi) is 8.28. The van der Waals surface area contributed by atoms with E-state index >= 15 is 0 Å². The van der Waals surface area contributed by atoms with Crippen molar-refractivity contribution in [3.8, 4) is 22.5 Å². The molecule has 0 aliphatic carbocycles. The summed E-state index contributed by atoms with van der Waals surface area (Å²) in [6.45, 7) is 8.92. The zero-order valence-electron chi connectivity index (χ0n) is 20.9. The van der Waals surface area contributed by atoms with Crippen LogP contribution in [0.1, 0.15) is 39.5 Å². The molecular weight excluding hydrogens is 513 g/mol. The predicted molar refractivity (Wildman–Crippen MR) is 148 cm³/mol. The second-order valence-electron chi connectivity index (χ2n) is 8.13. The van der Waals surface area contributed by atoms with Gasteiger partial charge >= 0.3 is 5.97 Å². The lowest BCUT2D eigenvalue weighted by atomic mass is 10.0. The maximum absolute atomic E-state index is 12.8. The Morgan fingerprint density at radius 1 is 1.14 bits per heavy atom. The standard InChI is InChI=1S/C26H28N4O3S3/c1-6-18-12-19(25(32)33-5)24(36-18)27-21(31)14-35-26-29-28-23(30(26)7-2)20-13-34-16(4)22(20)17-10-8-15(3)9-11-17/h8-13H,6-7,14H2,1-5H3,(H,27,31). The Balaban J connectivity index is 1.53. The molecule has 10 heteroatoms. The summed E-state index contributed by atoms with van der Waals surface area (Å²) >= 11 is 4.41. The van der Waals surface area contributed by atoms with Crippen molar-refractivity contribution in [2.45, 2.75) is 45.8 Å². The molecule has 0 unspecified atom stereocenters. The van der Waals surface area contributed by atoms with Gasteiger partial charge in [0.05, 0.1) is 18.4 Å². The fourth-order valence-electron chi connectivity index (χ4n) is 3.84. The minimum atomic E-state index is -0.459. The first-order valence-electron chi connectivity index (χ1n) is 11.6. The van der Waals surface area contributed by atoms with Gasteiger partial charge in [-0.15, -0.1) is 32.9 Å². The lowest BCUT2D eigenvalue weighted by Gasteiger charge is -2.10. The van der Waals surface area contributed by atoms with Crippen LogP contribution in [0.2, 0.25) is 0 Å². The number of thioether (sulfide) groups is 1. The number of thiophene rings is 2. The molecular formula is C26H28N4O3S3. The van der Waals surface area contributed by atoms with Gasteiger partial charge in [-0.2, -0.15) is 0 Å². The molecule has 0 radical (unpaired) electrons. The fraction of sp³-hybridized carbons (Fsp3) is 0.308. The van der Waals surface area contributed by atoms with Crippen molar-refractivity contribution in [1.82, 2.24) is 14.8 Å². The third-order valence-corrected chi connectivity index (χ3v) is 8.78. The first-order chi connectivity index (χ1) is 17.4. The van der Waals surface area contributed by atoms with Gasteiger partial charge in [-0.3, -0.25) is 4.79 Å². The van der Waals surface area contributed by atoms with E-state index < -0.39 is 5.97 Å². The van der Waals surface area contributed by atoms with E-state index in [0.29, 0.717) is 22.3 Å². The number of benzene rings is 1. The number of carbonyl (C=O) groups is 2. The van der Waals surface area contributed by atoms with Crippen LogP contribution in [0.25, 0.3) is 22.5 Å². The number of nitrogens with one attached hydrogen (secondary N) is 1. The van der Waals surface area contributed by atoms with Gasteiger partial charge in [0.1, 0.15) is 5.00 Å². The molecule has 4 aromatic rings. The van der Waals surface area contributed by atoms with Crippen LogP contribution in [0, 0.1) is 13.8 Å². The molecule has 0 saturated heterocycles. The number of ether oxygens (including phenoxy) is 1. The number of carbonyl (C=O) groups excluding carboxylic acids is 2. The van der Waals surface area contributed by atoms with E-state index in [2.05, 4.69) is 59.0 Å². The van der Waals surface area contributed by atoms with Crippen LogP contribution in [-0.2, 0) is 22.5 Å². The maximum Gasteiger partial charge on any atom is 0.340 e. The molecule has 4 rings (SSSR count). The van der Waals surface area contributed by atoms with Crippen LogP contribution < -0.4 is 5.32 Å². The average Bonchev–Trinajstić information content (AvgIpc) is 3.59. The summed E-state index contributed by atoms with van der Waals surface area (Å²) in [6.07, 6.45) is 0.772. The second kappa shape index (κ2) is 11.4. The summed E-state index contributed by atoms with van der Waals surface area (Å²) in [5.41, 5.74) is 4.95. The number of aromatic nitrogens is 3. The summed E-state index contributed by atoms with van der Waals surface area (Å²) in [5.74, 6) is 0.262. The normalized spacial score (nSPS) is 11.0. The molecule has 3 heterocycles. The number of nitrogens with zero attached hydrogens (tertiary/aromatic N) is 3. The molecule has 0 saturated carbocycles. The van der Waals surface area contributed by atoms with Crippen LogP contribution in [-0.4, -0.2) is 39.5 Å². The lowest BCUT2D eigenvalue weighted by Crippen LogP contribution is -2.16. The van der Waals surface area contributed by atoms with E-state index in [-0.39, 0.29) is 11.7 Å². The van der Waals surface area contributed by atoms with Crippen molar-refractivity contribution in [3.05, 3.63) is 56.6 Å².